The molecule has 0 atom stereocenters. The maximum atomic E-state index is 11.8. The van der Waals surface area contributed by atoms with Gasteiger partial charge in [-0.3, -0.25) is 19.7 Å². The second-order valence-corrected chi connectivity index (χ2v) is 4.24. The summed E-state index contributed by atoms with van der Waals surface area (Å²) in [5.41, 5.74) is -0.947. The molecule has 1 aliphatic rings. The van der Waals surface area contributed by atoms with Crippen LogP contribution in [0.1, 0.15) is 29.6 Å². The molecular formula is C12H10N2O6. The van der Waals surface area contributed by atoms with Gasteiger partial charge >= 0.3 is 5.97 Å². The second-order valence-electron chi connectivity index (χ2n) is 4.24. The lowest BCUT2D eigenvalue weighted by atomic mass is 10.1. The van der Waals surface area contributed by atoms with Crippen molar-refractivity contribution in [2.75, 3.05) is 4.90 Å². The molecule has 0 saturated carbocycles. The molecule has 0 aliphatic carbocycles. The first-order valence-corrected chi connectivity index (χ1v) is 5.79. The number of piperidine rings is 1. The first-order chi connectivity index (χ1) is 9.41. The Morgan fingerprint density at radius 3 is 2.35 bits per heavy atom. The second kappa shape index (κ2) is 5.08. The van der Waals surface area contributed by atoms with E-state index >= 15 is 0 Å². The summed E-state index contributed by atoms with van der Waals surface area (Å²) in [4.78, 5) is 45.5. The number of imide groups is 1. The highest BCUT2D eigenvalue weighted by atomic mass is 16.6. The fraction of sp³-hybridized carbons (Fsp3) is 0.250. The largest absolute Gasteiger partial charge is 0.478 e. The molecule has 1 saturated heterocycles. The number of anilines is 1. The zero-order valence-electron chi connectivity index (χ0n) is 10.2. The highest BCUT2D eigenvalue weighted by molar-refractivity contribution is 6.18. The number of hydrogen-bond donors (Lipinski definition) is 1. The van der Waals surface area contributed by atoms with Crippen molar-refractivity contribution < 1.29 is 24.4 Å². The van der Waals surface area contributed by atoms with E-state index in [0.717, 1.165) is 23.1 Å². The molecule has 0 unspecified atom stereocenters. The number of amides is 2. The minimum Gasteiger partial charge on any atom is -0.478 e. The highest BCUT2D eigenvalue weighted by Crippen LogP contribution is 2.29. The van der Waals surface area contributed by atoms with Crippen LogP contribution in [0, 0.1) is 10.1 Å². The molecule has 1 aromatic carbocycles. The highest BCUT2D eigenvalue weighted by Gasteiger charge is 2.31. The molecule has 2 rings (SSSR count). The van der Waals surface area contributed by atoms with E-state index in [-0.39, 0.29) is 29.8 Å². The maximum Gasteiger partial charge on any atom is 0.337 e. The van der Waals surface area contributed by atoms with Gasteiger partial charge in [-0.15, -0.1) is 0 Å². The number of carbonyl (C=O) groups excluding carboxylic acids is 2. The van der Waals surface area contributed by atoms with E-state index in [4.69, 9.17) is 5.11 Å². The number of carboxylic acid groups (broad SMARTS) is 1. The monoisotopic (exact) mass is 278 g/mol. The molecule has 20 heavy (non-hydrogen) atoms. The Morgan fingerprint density at radius 2 is 1.85 bits per heavy atom. The molecule has 0 spiro atoms. The van der Waals surface area contributed by atoms with Crippen LogP contribution < -0.4 is 4.90 Å². The van der Waals surface area contributed by atoms with Gasteiger partial charge in [0.1, 0.15) is 0 Å². The maximum absolute atomic E-state index is 11.8. The van der Waals surface area contributed by atoms with Crippen LogP contribution in [0.15, 0.2) is 18.2 Å². The number of benzene rings is 1. The molecule has 1 aliphatic heterocycles. The smallest absolute Gasteiger partial charge is 0.337 e. The van der Waals surface area contributed by atoms with E-state index < -0.39 is 22.7 Å². The van der Waals surface area contributed by atoms with Crippen molar-refractivity contribution in [2.45, 2.75) is 19.3 Å². The van der Waals surface area contributed by atoms with Gasteiger partial charge in [-0.2, -0.15) is 0 Å². The van der Waals surface area contributed by atoms with E-state index in [0.29, 0.717) is 6.42 Å². The van der Waals surface area contributed by atoms with E-state index in [9.17, 15) is 24.5 Å². The van der Waals surface area contributed by atoms with E-state index in [1.165, 1.54) is 0 Å². The van der Waals surface area contributed by atoms with Crippen molar-refractivity contribution in [1.29, 1.82) is 0 Å². The van der Waals surface area contributed by atoms with Gasteiger partial charge in [-0.25, -0.2) is 9.69 Å². The number of nitro groups is 1. The van der Waals surface area contributed by atoms with Crippen LogP contribution in [0.2, 0.25) is 0 Å². The SMILES string of the molecule is O=C(O)c1ccc([N+](=O)[O-])cc1N1C(=O)CCCC1=O. The van der Waals surface area contributed by atoms with Gasteiger partial charge in [0, 0.05) is 25.0 Å². The molecular weight excluding hydrogens is 268 g/mol. The van der Waals surface area contributed by atoms with Gasteiger partial charge in [0.15, 0.2) is 0 Å². The molecule has 1 fully saturated rings. The van der Waals surface area contributed by atoms with E-state index in [1.54, 1.807) is 0 Å². The van der Waals surface area contributed by atoms with Crippen molar-refractivity contribution in [3.8, 4) is 0 Å². The van der Waals surface area contributed by atoms with Gasteiger partial charge in [-0.05, 0) is 12.5 Å². The van der Waals surface area contributed by atoms with Crippen LogP contribution in [-0.2, 0) is 9.59 Å². The standard InChI is InChI=1S/C12H10N2O6/c15-10-2-1-3-11(16)13(10)9-6-7(14(19)20)4-5-8(9)12(17)18/h4-6H,1-3H2,(H,17,18). The van der Waals surface area contributed by atoms with Crippen LogP contribution in [0.25, 0.3) is 0 Å². The minimum atomic E-state index is -1.36. The predicted molar refractivity (Wildman–Crippen MR) is 66.4 cm³/mol. The lowest BCUT2D eigenvalue weighted by molar-refractivity contribution is -0.384. The summed E-state index contributed by atoms with van der Waals surface area (Å²) in [5, 5.41) is 19.8. The Labute approximate surface area is 112 Å². The van der Waals surface area contributed by atoms with Crippen LogP contribution in [-0.4, -0.2) is 27.8 Å². The van der Waals surface area contributed by atoms with Gasteiger partial charge in [0.2, 0.25) is 11.8 Å². The third-order valence-corrected chi connectivity index (χ3v) is 2.94. The molecule has 1 aromatic rings. The molecule has 1 N–H and O–H groups in total. The van der Waals surface area contributed by atoms with Crippen LogP contribution >= 0.6 is 0 Å². The number of aromatic carboxylic acids is 1. The number of rotatable bonds is 3. The molecule has 0 radical (unpaired) electrons. The van der Waals surface area contributed by atoms with Crippen molar-refractivity contribution in [3.05, 3.63) is 33.9 Å². The number of carbonyl (C=O) groups is 3. The average Bonchev–Trinajstić information content (AvgIpc) is 2.38. The molecule has 0 aromatic heterocycles. The lowest BCUT2D eigenvalue weighted by Gasteiger charge is -2.25. The van der Waals surface area contributed by atoms with E-state index in [1.807, 2.05) is 0 Å². The minimum absolute atomic E-state index is 0.105. The molecule has 8 nitrogen and oxygen atoms in total. The zero-order chi connectivity index (χ0) is 14.9. The normalized spacial score (nSPS) is 15.3. The molecule has 8 heteroatoms. The molecule has 0 bridgehead atoms. The first-order valence-electron chi connectivity index (χ1n) is 5.79. The Hall–Kier alpha value is -2.77. The van der Waals surface area contributed by atoms with Gasteiger partial charge in [0.05, 0.1) is 16.2 Å². The van der Waals surface area contributed by atoms with Crippen LogP contribution in [0.3, 0.4) is 0 Å². The third kappa shape index (κ3) is 2.35. The summed E-state index contributed by atoms with van der Waals surface area (Å²) in [6.07, 6.45) is 0.604. The molecule has 1 heterocycles. The Kier molecular flexibility index (Phi) is 3.47. The van der Waals surface area contributed by atoms with Crippen molar-refractivity contribution in [1.82, 2.24) is 0 Å². The van der Waals surface area contributed by atoms with Crippen LogP contribution in [0.4, 0.5) is 11.4 Å². The van der Waals surface area contributed by atoms with Crippen LogP contribution in [0.5, 0.6) is 0 Å². The van der Waals surface area contributed by atoms with Gasteiger partial charge < -0.3 is 5.11 Å². The fourth-order valence-corrected chi connectivity index (χ4v) is 2.02. The number of nitro benzene ring substituents is 1. The Balaban J connectivity index is 2.59. The Bertz CT molecular complexity index is 608. The summed E-state index contributed by atoms with van der Waals surface area (Å²) < 4.78 is 0. The van der Waals surface area contributed by atoms with Gasteiger partial charge in [-0.1, -0.05) is 0 Å². The fourth-order valence-electron chi connectivity index (χ4n) is 2.02. The number of non-ortho nitro benzene ring substituents is 1. The van der Waals surface area contributed by atoms with Gasteiger partial charge in [0.25, 0.3) is 5.69 Å². The van der Waals surface area contributed by atoms with E-state index in [2.05, 4.69) is 0 Å². The summed E-state index contributed by atoms with van der Waals surface area (Å²) >= 11 is 0. The van der Waals surface area contributed by atoms with Crippen molar-refractivity contribution in [3.63, 3.8) is 0 Å². The Morgan fingerprint density at radius 1 is 1.25 bits per heavy atom. The zero-order valence-corrected chi connectivity index (χ0v) is 10.2. The first kappa shape index (κ1) is 13.7. The quantitative estimate of drug-likeness (QED) is 0.506. The number of hydrogen-bond acceptors (Lipinski definition) is 5. The third-order valence-electron chi connectivity index (χ3n) is 2.94. The summed E-state index contributed by atoms with van der Waals surface area (Å²) in [6.45, 7) is 0. The average molecular weight is 278 g/mol. The molecule has 104 valence electrons. The van der Waals surface area contributed by atoms with Crippen molar-refractivity contribution in [2.24, 2.45) is 0 Å². The number of nitrogens with zero attached hydrogens (tertiary/aromatic N) is 2. The number of carboxylic acids is 1. The summed E-state index contributed by atoms with van der Waals surface area (Å²) in [5.74, 6) is -2.46. The molecule has 2 amide bonds. The topological polar surface area (TPSA) is 118 Å². The summed E-state index contributed by atoms with van der Waals surface area (Å²) in [6, 6.07) is 2.97. The lowest BCUT2D eigenvalue weighted by Crippen LogP contribution is -2.41. The predicted octanol–water partition coefficient (Wildman–Crippen LogP) is 1.34. The summed E-state index contributed by atoms with van der Waals surface area (Å²) in [7, 11) is 0. The van der Waals surface area contributed by atoms with Crippen molar-refractivity contribution >= 4 is 29.2 Å².